The number of halogens is 2. The van der Waals surface area contributed by atoms with Crippen molar-refractivity contribution in [3.05, 3.63) is 35.1 Å². The number of amides is 1. The molecule has 1 fully saturated rings. The third kappa shape index (κ3) is 3.00. The molecule has 3 nitrogen and oxygen atoms in total. The van der Waals surface area contributed by atoms with E-state index in [-0.39, 0.29) is 30.2 Å². The number of piperazine rings is 1. The molecule has 1 aliphatic heterocycles. The van der Waals surface area contributed by atoms with Crippen molar-refractivity contribution in [1.82, 2.24) is 10.2 Å². The largest absolute Gasteiger partial charge is 0.333 e. The number of carbonyl (C=O) groups excluding carboxylic acids is 1. The maximum atomic E-state index is 13.4. The van der Waals surface area contributed by atoms with Crippen LogP contribution in [0, 0.1) is 12.7 Å². The highest BCUT2D eigenvalue weighted by Gasteiger charge is 2.24. The summed E-state index contributed by atoms with van der Waals surface area (Å²) in [6.45, 7) is 5.95. The monoisotopic (exact) mass is 272 g/mol. The van der Waals surface area contributed by atoms with Gasteiger partial charge in [-0.25, -0.2) is 4.39 Å². The maximum Gasteiger partial charge on any atom is 0.254 e. The molecule has 0 aromatic heterocycles. The number of hydrogen-bond donors (Lipinski definition) is 1. The second-order valence-electron chi connectivity index (χ2n) is 4.52. The van der Waals surface area contributed by atoms with Gasteiger partial charge in [-0.1, -0.05) is 6.07 Å². The summed E-state index contributed by atoms with van der Waals surface area (Å²) in [7, 11) is 0. The quantitative estimate of drug-likeness (QED) is 0.848. The molecule has 1 aromatic carbocycles. The Hall–Kier alpha value is -1.13. The van der Waals surface area contributed by atoms with Gasteiger partial charge in [0.25, 0.3) is 5.91 Å². The van der Waals surface area contributed by atoms with Crippen molar-refractivity contribution in [3.8, 4) is 0 Å². The molecule has 0 unspecified atom stereocenters. The van der Waals surface area contributed by atoms with Gasteiger partial charge < -0.3 is 10.2 Å². The maximum absolute atomic E-state index is 13.4. The third-order valence-electron chi connectivity index (χ3n) is 3.18. The van der Waals surface area contributed by atoms with E-state index in [2.05, 4.69) is 5.32 Å². The Morgan fingerprint density at radius 2 is 2.22 bits per heavy atom. The number of carbonyl (C=O) groups is 1. The zero-order valence-corrected chi connectivity index (χ0v) is 11.4. The number of aryl methyl sites for hydroxylation is 1. The van der Waals surface area contributed by atoms with E-state index in [4.69, 9.17) is 0 Å². The Balaban J connectivity index is 0.00000162. The van der Waals surface area contributed by atoms with E-state index in [0.29, 0.717) is 17.7 Å². The summed E-state index contributed by atoms with van der Waals surface area (Å²) in [6, 6.07) is 4.82. The fourth-order valence-corrected chi connectivity index (χ4v) is 2.03. The average Bonchev–Trinajstić information content (AvgIpc) is 2.32. The summed E-state index contributed by atoms with van der Waals surface area (Å²) in [5.74, 6) is -0.406. The summed E-state index contributed by atoms with van der Waals surface area (Å²) in [5.41, 5.74) is 0.997. The predicted molar refractivity (Wildman–Crippen MR) is 71.8 cm³/mol. The van der Waals surface area contributed by atoms with E-state index >= 15 is 0 Å². The van der Waals surface area contributed by atoms with Crippen LogP contribution in [-0.2, 0) is 0 Å². The molecule has 0 aliphatic carbocycles. The van der Waals surface area contributed by atoms with E-state index in [1.807, 2.05) is 6.92 Å². The fourth-order valence-electron chi connectivity index (χ4n) is 2.03. The van der Waals surface area contributed by atoms with Crippen LogP contribution in [0.4, 0.5) is 4.39 Å². The molecule has 1 aliphatic rings. The van der Waals surface area contributed by atoms with Gasteiger partial charge in [0.1, 0.15) is 5.82 Å². The Morgan fingerprint density at radius 1 is 1.50 bits per heavy atom. The van der Waals surface area contributed by atoms with Crippen LogP contribution in [0.15, 0.2) is 18.2 Å². The molecule has 1 aromatic rings. The van der Waals surface area contributed by atoms with E-state index in [9.17, 15) is 9.18 Å². The van der Waals surface area contributed by atoms with Gasteiger partial charge in [0, 0.05) is 31.2 Å². The molecule has 1 N–H and O–H groups in total. The van der Waals surface area contributed by atoms with Gasteiger partial charge in [0.15, 0.2) is 0 Å². The molecular formula is C13H18ClFN2O. The van der Waals surface area contributed by atoms with Crippen LogP contribution in [0.1, 0.15) is 22.8 Å². The summed E-state index contributed by atoms with van der Waals surface area (Å²) in [5, 5.41) is 3.22. The normalized spacial score (nSPS) is 19.3. The van der Waals surface area contributed by atoms with Crippen molar-refractivity contribution in [2.45, 2.75) is 19.9 Å². The number of nitrogens with zero attached hydrogens (tertiary/aromatic N) is 1. The number of nitrogens with one attached hydrogen (secondary N) is 1. The van der Waals surface area contributed by atoms with Gasteiger partial charge in [-0.05, 0) is 31.5 Å². The Labute approximate surface area is 113 Å². The first-order chi connectivity index (χ1) is 8.09. The van der Waals surface area contributed by atoms with Gasteiger partial charge >= 0.3 is 0 Å². The molecule has 1 amide bonds. The number of rotatable bonds is 1. The smallest absolute Gasteiger partial charge is 0.254 e. The van der Waals surface area contributed by atoms with Crippen molar-refractivity contribution in [2.24, 2.45) is 0 Å². The minimum absolute atomic E-state index is 0. The molecule has 1 heterocycles. The zero-order chi connectivity index (χ0) is 12.4. The first-order valence-electron chi connectivity index (χ1n) is 5.87. The van der Waals surface area contributed by atoms with Crippen molar-refractivity contribution in [2.75, 3.05) is 19.6 Å². The minimum atomic E-state index is -0.321. The van der Waals surface area contributed by atoms with Crippen molar-refractivity contribution in [3.63, 3.8) is 0 Å². The van der Waals surface area contributed by atoms with Crippen LogP contribution in [0.25, 0.3) is 0 Å². The average molecular weight is 273 g/mol. The van der Waals surface area contributed by atoms with Crippen molar-refractivity contribution < 1.29 is 9.18 Å². The van der Waals surface area contributed by atoms with E-state index in [1.54, 1.807) is 24.0 Å². The lowest BCUT2D eigenvalue weighted by Gasteiger charge is -2.34. The zero-order valence-electron chi connectivity index (χ0n) is 10.6. The lowest BCUT2D eigenvalue weighted by atomic mass is 10.1. The Bertz CT molecular complexity index is 439. The molecule has 0 bridgehead atoms. The summed E-state index contributed by atoms with van der Waals surface area (Å²) >= 11 is 0. The first-order valence-corrected chi connectivity index (χ1v) is 5.87. The van der Waals surface area contributed by atoms with E-state index < -0.39 is 0 Å². The lowest BCUT2D eigenvalue weighted by molar-refractivity contribution is 0.0655. The molecule has 1 atom stereocenters. The van der Waals surface area contributed by atoms with Gasteiger partial charge in [-0.2, -0.15) is 0 Å². The summed E-state index contributed by atoms with van der Waals surface area (Å²) in [6.07, 6.45) is 0. The molecule has 1 saturated heterocycles. The molecule has 2 rings (SSSR count). The highest BCUT2D eigenvalue weighted by atomic mass is 35.5. The third-order valence-corrected chi connectivity index (χ3v) is 3.18. The molecule has 18 heavy (non-hydrogen) atoms. The summed E-state index contributed by atoms with van der Waals surface area (Å²) < 4.78 is 13.4. The van der Waals surface area contributed by atoms with Gasteiger partial charge in [-0.3, -0.25) is 4.79 Å². The van der Waals surface area contributed by atoms with Crippen LogP contribution >= 0.6 is 12.4 Å². The van der Waals surface area contributed by atoms with E-state index in [0.717, 1.165) is 13.1 Å². The van der Waals surface area contributed by atoms with Crippen LogP contribution < -0.4 is 5.32 Å². The Morgan fingerprint density at radius 3 is 2.83 bits per heavy atom. The van der Waals surface area contributed by atoms with Crippen molar-refractivity contribution >= 4 is 18.3 Å². The first kappa shape index (κ1) is 14.9. The van der Waals surface area contributed by atoms with Crippen molar-refractivity contribution in [1.29, 1.82) is 0 Å². The van der Waals surface area contributed by atoms with Crippen LogP contribution in [0.5, 0.6) is 0 Å². The topological polar surface area (TPSA) is 32.3 Å². The molecule has 0 saturated carbocycles. The van der Waals surface area contributed by atoms with Gasteiger partial charge in [-0.15, -0.1) is 12.4 Å². The predicted octanol–water partition coefficient (Wildman–Crippen LogP) is 1.99. The molecule has 5 heteroatoms. The highest BCUT2D eigenvalue weighted by Crippen LogP contribution is 2.14. The summed E-state index contributed by atoms with van der Waals surface area (Å²) in [4.78, 5) is 14.0. The molecule has 0 radical (unpaired) electrons. The van der Waals surface area contributed by atoms with E-state index in [1.165, 1.54) is 6.07 Å². The number of hydrogen-bond acceptors (Lipinski definition) is 2. The SMILES string of the molecule is Cc1ccc(C(=O)N2CCNC[C@@H]2C)cc1F.Cl. The minimum Gasteiger partial charge on any atom is -0.333 e. The fraction of sp³-hybridized carbons (Fsp3) is 0.462. The second kappa shape index (κ2) is 6.16. The van der Waals surface area contributed by atoms with Gasteiger partial charge in [0.05, 0.1) is 0 Å². The molecular weight excluding hydrogens is 255 g/mol. The number of benzene rings is 1. The second-order valence-corrected chi connectivity index (χ2v) is 4.52. The molecule has 0 spiro atoms. The van der Waals surface area contributed by atoms with Crippen LogP contribution in [0.3, 0.4) is 0 Å². The Kier molecular flexibility index (Phi) is 5.11. The standard InChI is InChI=1S/C13H17FN2O.ClH/c1-9-3-4-11(7-12(9)14)13(17)16-6-5-15-8-10(16)2;/h3-4,7,10,15H,5-6,8H2,1-2H3;1H/t10-;/m0./s1. The van der Waals surface area contributed by atoms with Crippen LogP contribution in [0.2, 0.25) is 0 Å². The molecule has 100 valence electrons. The van der Waals surface area contributed by atoms with Crippen LogP contribution in [-0.4, -0.2) is 36.5 Å². The lowest BCUT2D eigenvalue weighted by Crippen LogP contribution is -2.52. The van der Waals surface area contributed by atoms with Gasteiger partial charge in [0.2, 0.25) is 0 Å². The highest BCUT2D eigenvalue weighted by molar-refractivity contribution is 5.94.